The molecule has 0 spiro atoms. The Morgan fingerprint density at radius 1 is 1.17 bits per heavy atom. The maximum Gasteiger partial charge on any atom is 0.0223 e. The Balaban J connectivity index is 1.98. The van der Waals surface area contributed by atoms with Crippen molar-refractivity contribution in [2.24, 2.45) is 0 Å². The summed E-state index contributed by atoms with van der Waals surface area (Å²) in [6.45, 7) is 6.27. The van der Waals surface area contributed by atoms with Crippen molar-refractivity contribution in [2.75, 3.05) is 26.7 Å². The van der Waals surface area contributed by atoms with Gasteiger partial charge in [0.2, 0.25) is 0 Å². The Bertz CT molecular complexity index is 140. The highest BCUT2D eigenvalue weighted by Crippen LogP contribution is 2.22. The van der Waals surface area contributed by atoms with Crippen molar-refractivity contribution < 1.29 is 0 Å². The van der Waals surface area contributed by atoms with Gasteiger partial charge in [-0.2, -0.15) is 0 Å². The van der Waals surface area contributed by atoms with Gasteiger partial charge < -0.3 is 4.90 Å². The van der Waals surface area contributed by atoms with Gasteiger partial charge in [0.15, 0.2) is 0 Å². The largest absolute Gasteiger partial charge is 0.301 e. The molecule has 70 valence electrons. The van der Waals surface area contributed by atoms with Crippen LogP contribution in [0.3, 0.4) is 0 Å². The fourth-order valence-electron chi connectivity index (χ4n) is 2.50. The zero-order valence-electron chi connectivity index (χ0n) is 8.29. The molecule has 0 radical (unpaired) electrons. The third kappa shape index (κ3) is 1.50. The first-order chi connectivity index (χ1) is 5.77. The van der Waals surface area contributed by atoms with Crippen molar-refractivity contribution in [2.45, 2.75) is 38.3 Å². The highest BCUT2D eigenvalue weighted by atomic mass is 15.3. The van der Waals surface area contributed by atoms with E-state index in [1.807, 2.05) is 0 Å². The summed E-state index contributed by atoms with van der Waals surface area (Å²) in [5, 5.41) is 0. The summed E-state index contributed by atoms with van der Waals surface area (Å²) in [6, 6.07) is 1.64. The molecule has 0 aromatic rings. The molecular weight excluding hydrogens is 148 g/mol. The minimum absolute atomic E-state index is 0.763. The maximum atomic E-state index is 2.69. The lowest BCUT2D eigenvalue weighted by Crippen LogP contribution is -2.57. The third-order valence-corrected chi connectivity index (χ3v) is 3.50. The van der Waals surface area contributed by atoms with Gasteiger partial charge in [-0.3, -0.25) is 4.90 Å². The van der Waals surface area contributed by atoms with Gasteiger partial charge in [0.05, 0.1) is 0 Å². The molecular formula is C10H20N2. The Labute approximate surface area is 75.5 Å². The second-order valence-electron chi connectivity index (χ2n) is 4.43. The van der Waals surface area contributed by atoms with Crippen LogP contribution >= 0.6 is 0 Å². The smallest absolute Gasteiger partial charge is 0.0223 e. The predicted octanol–water partition coefficient (Wildman–Crippen LogP) is 1.17. The van der Waals surface area contributed by atoms with Crippen LogP contribution in [-0.2, 0) is 0 Å². The lowest BCUT2D eigenvalue weighted by atomic mass is 9.98. The van der Waals surface area contributed by atoms with Crippen LogP contribution in [0.1, 0.15) is 26.2 Å². The van der Waals surface area contributed by atoms with Crippen LogP contribution in [0.25, 0.3) is 0 Å². The molecule has 1 unspecified atom stereocenters. The minimum Gasteiger partial charge on any atom is -0.301 e. The lowest BCUT2D eigenvalue weighted by molar-refractivity contribution is 0.0294. The summed E-state index contributed by atoms with van der Waals surface area (Å²) in [7, 11) is 2.26. The van der Waals surface area contributed by atoms with Gasteiger partial charge in [0, 0.05) is 25.2 Å². The van der Waals surface area contributed by atoms with Crippen molar-refractivity contribution >= 4 is 0 Å². The molecule has 0 amide bonds. The van der Waals surface area contributed by atoms with Crippen molar-refractivity contribution in [3.63, 3.8) is 0 Å². The normalized spacial score (nSPS) is 39.5. The molecule has 2 heterocycles. The molecule has 0 N–H and O–H groups in total. The van der Waals surface area contributed by atoms with Gasteiger partial charge in [-0.1, -0.05) is 6.42 Å². The lowest BCUT2D eigenvalue weighted by Gasteiger charge is -2.46. The summed E-state index contributed by atoms with van der Waals surface area (Å²) in [6.07, 6.45) is 4.30. The molecule has 2 atom stereocenters. The number of rotatable bonds is 0. The van der Waals surface area contributed by atoms with Crippen LogP contribution in [-0.4, -0.2) is 48.6 Å². The van der Waals surface area contributed by atoms with Crippen molar-refractivity contribution in [3.8, 4) is 0 Å². The molecule has 2 saturated heterocycles. The van der Waals surface area contributed by atoms with Gasteiger partial charge in [-0.15, -0.1) is 0 Å². The molecule has 2 heteroatoms. The van der Waals surface area contributed by atoms with Crippen molar-refractivity contribution in [1.29, 1.82) is 0 Å². The maximum absolute atomic E-state index is 2.69. The zero-order valence-corrected chi connectivity index (χ0v) is 8.29. The summed E-state index contributed by atoms with van der Waals surface area (Å²) in [5.74, 6) is 0. The Kier molecular flexibility index (Phi) is 2.37. The molecule has 2 aliphatic heterocycles. The average Bonchev–Trinajstić information content (AvgIpc) is 2.07. The SMILES string of the molecule is C[C@@H]1CN2CCCCC2CN1C. The summed E-state index contributed by atoms with van der Waals surface area (Å²) in [5.41, 5.74) is 0. The van der Waals surface area contributed by atoms with E-state index >= 15 is 0 Å². The first-order valence-electron chi connectivity index (χ1n) is 5.21. The van der Waals surface area contributed by atoms with Crippen LogP contribution in [0, 0.1) is 0 Å². The molecule has 2 rings (SSSR count). The van der Waals surface area contributed by atoms with Crippen LogP contribution in [0.4, 0.5) is 0 Å². The Hall–Kier alpha value is -0.0800. The van der Waals surface area contributed by atoms with E-state index in [1.54, 1.807) is 0 Å². The van der Waals surface area contributed by atoms with Gasteiger partial charge in [0.25, 0.3) is 0 Å². The fraction of sp³-hybridized carbons (Fsp3) is 1.00. The number of likely N-dealkylation sites (N-methyl/N-ethyl adjacent to an activating group) is 1. The molecule has 12 heavy (non-hydrogen) atoms. The van der Waals surface area contributed by atoms with Crippen LogP contribution in [0.2, 0.25) is 0 Å². The minimum atomic E-state index is 0.763. The Morgan fingerprint density at radius 2 is 2.00 bits per heavy atom. The van der Waals surface area contributed by atoms with Crippen molar-refractivity contribution in [3.05, 3.63) is 0 Å². The number of piperidine rings is 1. The standard InChI is InChI=1S/C10H20N2/c1-9-7-12-6-4-3-5-10(12)8-11(9)2/h9-10H,3-8H2,1-2H3/t9-,10?/m1/s1. The second-order valence-corrected chi connectivity index (χ2v) is 4.43. The predicted molar refractivity (Wildman–Crippen MR) is 51.3 cm³/mol. The molecule has 0 bridgehead atoms. The summed E-state index contributed by atoms with van der Waals surface area (Å²) in [4.78, 5) is 5.20. The highest BCUT2D eigenvalue weighted by Gasteiger charge is 2.30. The molecule has 0 aliphatic carbocycles. The summed E-state index contributed by atoms with van der Waals surface area (Å²) >= 11 is 0. The number of hydrogen-bond acceptors (Lipinski definition) is 2. The van der Waals surface area contributed by atoms with E-state index < -0.39 is 0 Å². The topological polar surface area (TPSA) is 6.48 Å². The van der Waals surface area contributed by atoms with Crippen LogP contribution < -0.4 is 0 Å². The van der Waals surface area contributed by atoms with Gasteiger partial charge in [-0.05, 0) is 33.4 Å². The quantitative estimate of drug-likeness (QED) is 0.536. The molecule has 0 aromatic heterocycles. The van der Waals surface area contributed by atoms with E-state index in [4.69, 9.17) is 0 Å². The summed E-state index contributed by atoms with van der Waals surface area (Å²) < 4.78 is 0. The number of fused-ring (bicyclic) bond motifs is 1. The van der Waals surface area contributed by atoms with E-state index in [-0.39, 0.29) is 0 Å². The molecule has 2 nitrogen and oxygen atoms in total. The number of piperazine rings is 1. The van der Waals surface area contributed by atoms with Crippen LogP contribution in [0.15, 0.2) is 0 Å². The monoisotopic (exact) mass is 168 g/mol. The van der Waals surface area contributed by atoms with E-state index in [9.17, 15) is 0 Å². The second kappa shape index (κ2) is 3.35. The first-order valence-corrected chi connectivity index (χ1v) is 5.21. The van der Waals surface area contributed by atoms with Gasteiger partial charge in [0.1, 0.15) is 0 Å². The van der Waals surface area contributed by atoms with Gasteiger partial charge >= 0.3 is 0 Å². The molecule has 2 aliphatic rings. The fourth-order valence-corrected chi connectivity index (χ4v) is 2.50. The highest BCUT2D eigenvalue weighted by molar-refractivity contribution is 4.87. The van der Waals surface area contributed by atoms with E-state index in [0.717, 1.165) is 12.1 Å². The number of nitrogens with zero attached hydrogens (tertiary/aromatic N) is 2. The van der Waals surface area contributed by atoms with Crippen molar-refractivity contribution in [1.82, 2.24) is 9.80 Å². The van der Waals surface area contributed by atoms with E-state index in [0.29, 0.717) is 0 Å². The molecule has 0 saturated carbocycles. The number of hydrogen-bond donors (Lipinski definition) is 0. The molecule has 0 aromatic carbocycles. The zero-order chi connectivity index (χ0) is 8.55. The van der Waals surface area contributed by atoms with E-state index in [2.05, 4.69) is 23.8 Å². The van der Waals surface area contributed by atoms with E-state index in [1.165, 1.54) is 38.9 Å². The average molecular weight is 168 g/mol. The Morgan fingerprint density at radius 3 is 2.83 bits per heavy atom. The molecule has 2 fully saturated rings. The van der Waals surface area contributed by atoms with Gasteiger partial charge in [-0.25, -0.2) is 0 Å². The first kappa shape index (κ1) is 8.52. The third-order valence-electron chi connectivity index (χ3n) is 3.50. The van der Waals surface area contributed by atoms with Crippen LogP contribution in [0.5, 0.6) is 0 Å².